The van der Waals surface area contributed by atoms with Crippen molar-refractivity contribution in [2.45, 2.75) is 25.8 Å². The molecule has 2 aromatic rings. The zero-order valence-electron chi connectivity index (χ0n) is 10.6. The van der Waals surface area contributed by atoms with Crippen molar-refractivity contribution in [1.82, 2.24) is 4.57 Å². The van der Waals surface area contributed by atoms with Gasteiger partial charge >= 0.3 is 5.97 Å². The highest BCUT2D eigenvalue weighted by Crippen LogP contribution is 2.41. The normalized spacial score (nSPS) is 14.6. The minimum atomic E-state index is -0.856. The van der Waals surface area contributed by atoms with Crippen molar-refractivity contribution in [1.29, 1.82) is 0 Å². The molecule has 3 nitrogen and oxygen atoms in total. The number of aromatic nitrogens is 1. The van der Waals surface area contributed by atoms with Crippen LogP contribution in [-0.2, 0) is 0 Å². The molecule has 0 bridgehead atoms. The van der Waals surface area contributed by atoms with Crippen molar-refractivity contribution in [3.05, 3.63) is 46.1 Å². The molecule has 3 rings (SSSR count). The van der Waals surface area contributed by atoms with Crippen molar-refractivity contribution >= 4 is 21.9 Å². The smallest absolute Gasteiger partial charge is 0.352 e. The Morgan fingerprint density at radius 3 is 2.68 bits per heavy atom. The minimum absolute atomic E-state index is 0.342. The number of carbonyl (C=O) groups is 1. The van der Waals surface area contributed by atoms with E-state index in [0.717, 1.165) is 34.1 Å². The third-order valence-electron chi connectivity index (χ3n) is 3.52. The lowest BCUT2D eigenvalue weighted by Gasteiger charge is -2.13. The molecule has 4 heteroatoms. The summed E-state index contributed by atoms with van der Waals surface area (Å²) in [5, 5.41) is 9.30. The highest BCUT2D eigenvalue weighted by Gasteiger charge is 2.30. The van der Waals surface area contributed by atoms with Gasteiger partial charge in [0.25, 0.3) is 0 Å². The Morgan fingerprint density at radius 2 is 2.05 bits per heavy atom. The number of halogens is 1. The van der Waals surface area contributed by atoms with Crippen LogP contribution >= 0.6 is 15.9 Å². The van der Waals surface area contributed by atoms with Gasteiger partial charge < -0.3 is 9.67 Å². The number of aromatic carboxylic acids is 1. The fourth-order valence-corrected chi connectivity index (χ4v) is 2.80. The molecule has 1 aliphatic carbocycles. The van der Waals surface area contributed by atoms with Crippen molar-refractivity contribution < 1.29 is 9.90 Å². The summed E-state index contributed by atoms with van der Waals surface area (Å²) in [7, 11) is 0. The number of carboxylic acids is 1. The fourth-order valence-electron chi connectivity index (χ4n) is 2.44. The maximum absolute atomic E-state index is 11.3. The summed E-state index contributed by atoms with van der Waals surface area (Å²) in [4.78, 5) is 11.3. The highest BCUT2D eigenvalue weighted by molar-refractivity contribution is 9.10. The molecule has 0 atom stereocenters. The lowest BCUT2D eigenvalue weighted by atomic mass is 10.1. The van der Waals surface area contributed by atoms with Gasteiger partial charge in [0.1, 0.15) is 5.69 Å². The molecular weight excluding hydrogens is 306 g/mol. The largest absolute Gasteiger partial charge is 0.477 e. The van der Waals surface area contributed by atoms with Crippen LogP contribution in [0.4, 0.5) is 0 Å². The molecule has 19 heavy (non-hydrogen) atoms. The summed E-state index contributed by atoms with van der Waals surface area (Å²) < 4.78 is 2.98. The Labute approximate surface area is 120 Å². The van der Waals surface area contributed by atoms with Gasteiger partial charge in [-0.05, 0) is 49.6 Å². The maximum atomic E-state index is 11.3. The van der Waals surface area contributed by atoms with Crippen molar-refractivity contribution in [2.24, 2.45) is 0 Å². The number of rotatable bonds is 3. The van der Waals surface area contributed by atoms with Gasteiger partial charge in [-0.15, -0.1) is 0 Å². The number of hydrogen-bond acceptors (Lipinski definition) is 1. The van der Waals surface area contributed by atoms with Gasteiger partial charge in [0.2, 0.25) is 0 Å². The molecule has 1 N–H and O–H groups in total. The molecule has 0 saturated heterocycles. The Balaban J connectivity index is 2.20. The Kier molecular flexibility index (Phi) is 2.97. The molecule has 0 amide bonds. The summed E-state index contributed by atoms with van der Waals surface area (Å²) in [5.74, 6) is -0.856. The Morgan fingerprint density at radius 1 is 1.32 bits per heavy atom. The first-order chi connectivity index (χ1) is 9.08. The fraction of sp³-hybridized carbons (Fsp3) is 0.267. The van der Waals surface area contributed by atoms with Crippen LogP contribution in [0.2, 0.25) is 0 Å². The van der Waals surface area contributed by atoms with E-state index in [1.54, 1.807) is 6.07 Å². The first-order valence-electron chi connectivity index (χ1n) is 6.29. The third kappa shape index (κ3) is 2.21. The number of benzene rings is 1. The van der Waals surface area contributed by atoms with E-state index in [1.807, 2.05) is 29.7 Å². The molecule has 1 aromatic carbocycles. The second-order valence-corrected chi connectivity index (χ2v) is 5.89. The highest BCUT2D eigenvalue weighted by atomic mass is 79.9. The topological polar surface area (TPSA) is 42.2 Å². The predicted molar refractivity (Wildman–Crippen MR) is 77.5 cm³/mol. The van der Waals surface area contributed by atoms with Crippen LogP contribution in [0.15, 0.2) is 34.8 Å². The molecule has 1 heterocycles. The molecule has 0 spiro atoms. The van der Waals surface area contributed by atoms with Crippen LogP contribution in [0, 0.1) is 6.92 Å². The van der Waals surface area contributed by atoms with Gasteiger partial charge in [-0.3, -0.25) is 0 Å². The van der Waals surface area contributed by atoms with Gasteiger partial charge in [-0.1, -0.05) is 22.0 Å². The molecule has 0 unspecified atom stereocenters. The summed E-state index contributed by atoms with van der Waals surface area (Å²) in [5.41, 5.74) is 3.63. The van der Waals surface area contributed by atoms with Crippen LogP contribution < -0.4 is 0 Å². The third-order valence-corrected chi connectivity index (χ3v) is 4.02. The van der Waals surface area contributed by atoms with E-state index in [2.05, 4.69) is 22.0 Å². The number of nitrogens with zero attached hydrogens (tertiary/aromatic N) is 1. The zero-order valence-corrected chi connectivity index (χ0v) is 12.1. The first-order valence-corrected chi connectivity index (χ1v) is 7.08. The van der Waals surface area contributed by atoms with Crippen LogP contribution in [0.25, 0.3) is 11.3 Å². The van der Waals surface area contributed by atoms with E-state index in [1.165, 1.54) is 0 Å². The first kappa shape index (κ1) is 12.5. The standard InChI is InChI=1S/C15H14BrNO2/c1-9-2-3-10(16)8-12(9)13-6-7-14(15(18)19)17(13)11-4-5-11/h2-3,6-8,11H,4-5H2,1H3,(H,18,19). The van der Waals surface area contributed by atoms with Crippen LogP contribution in [0.5, 0.6) is 0 Å². The van der Waals surface area contributed by atoms with Crippen LogP contribution in [-0.4, -0.2) is 15.6 Å². The van der Waals surface area contributed by atoms with Gasteiger partial charge in [0.15, 0.2) is 0 Å². The zero-order chi connectivity index (χ0) is 13.6. The molecule has 1 aromatic heterocycles. The van der Waals surface area contributed by atoms with Crippen molar-refractivity contribution in [3.63, 3.8) is 0 Å². The van der Waals surface area contributed by atoms with Crippen molar-refractivity contribution in [3.8, 4) is 11.3 Å². The summed E-state index contributed by atoms with van der Waals surface area (Å²) in [6.45, 7) is 2.05. The molecule has 0 radical (unpaired) electrons. The van der Waals surface area contributed by atoms with Crippen LogP contribution in [0.3, 0.4) is 0 Å². The van der Waals surface area contributed by atoms with Crippen molar-refractivity contribution in [2.75, 3.05) is 0 Å². The quantitative estimate of drug-likeness (QED) is 0.918. The molecule has 1 aliphatic rings. The molecule has 0 aliphatic heterocycles. The molecular formula is C15H14BrNO2. The second-order valence-electron chi connectivity index (χ2n) is 4.97. The molecule has 98 valence electrons. The van der Waals surface area contributed by atoms with E-state index < -0.39 is 5.97 Å². The number of aryl methyl sites for hydroxylation is 1. The van der Waals surface area contributed by atoms with Gasteiger partial charge in [0, 0.05) is 21.8 Å². The van der Waals surface area contributed by atoms with E-state index >= 15 is 0 Å². The summed E-state index contributed by atoms with van der Waals surface area (Å²) >= 11 is 3.48. The van der Waals surface area contributed by atoms with E-state index in [4.69, 9.17) is 0 Å². The monoisotopic (exact) mass is 319 g/mol. The Hall–Kier alpha value is -1.55. The van der Waals surface area contributed by atoms with Gasteiger partial charge in [-0.2, -0.15) is 0 Å². The van der Waals surface area contributed by atoms with E-state index in [-0.39, 0.29) is 0 Å². The minimum Gasteiger partial charge on any atom is -0.477 e. The Bertz CT molecular complexity index is 656. The predicted octanol–water partition coefficient (Wildman–Crippen LogP) is 4.26. The number of hydrogen-bond donors (Lipinski definition) is 1. The van der Waals surface area contributed by atoms with Gasteiger partial charge in [-0.25, -0.2) is 4.79 Å². The molecule has 1 saturated carbocycles. The number of carboxylic acid groups (broad SMARTS) is 1. The average Bonchev–Trinajstić information content (AvgIpc) is 3.11. The lowest BCUT2D eigenvalue weighted by molar-refractivity contribution is 0.0685. The summed E-state index contributed by atoms with van der Waals surface area (Å²) in [6.07, 6.45) is 2.13. The average molecular weight is 320 g/mol. The lowest BCUT2D eigenvalue weighted by Crippen LogP contribution is -2.08. The van der Waals surface area contributed by atoms with E-state index in [0.29, 0.717) is 11.7 Å². The maximum Gasteiger partial charge on any atom is 0.352 e. The molecule has 1 fully saturated rings. The summed E-state index contributed by atoms with van der Waals surface area (Å²) in [6, 6.07) is 10.1. The van der Waals surface area contributed by atoms with Gasteiger partial charge in [0.05, 0.1) is 0 Å². The second kappa shape index (κ2) is 4.53. The van der Waals surface area contributed by atoms with Crippen LogP contribution in [0.1, 0.15) is 34.9 Å². The SMILES string of the molecule is Cc1ccc(Br)cc1-c1ccc(C(=O)O)n1C1CC1. The van der Waals surface area contributed by atoms with E-state index in [9.17, 15) is 9.90 Å².